The lowest BCUT2D eigenvalue weighted by Gasteiger charge is -2.24. The van der Waals surface area contributed by atoms with E-state index >= 15 is 0 Å². The van der Waals surface area contributed by atoms with Gasteiger partial charge in [0.2, 0.25) is 0 Å². The molecule has 0 amide bonds. The standard InChI is InChI=1S/C14H17N5O4S/c1-9-15-13-7-6-10(8-18(13)17-9)16-11-4-3-5-12(24(2,22)23)14(11)19(20)21/h3-5,10,16H,6-8H2,1-2H3. The highest BCUT2D eigenvalue weighted by molar-refractivity contribution is 7.90. The number of para-hydroxylation sites is 1. The van der Waals surface area contributed by atoms with Crippen molar-refractivity contribution in [3.63, 3.8) is 0 Å². The number of rotatable bonds is 4. The Bertz CT molecular complexity index is 906. The molecule has 1 N–H and O–H groups in total. The summed E-state index contributed by atoms with van der Waals surface area (Å²) in [6.45, 7) is 2.34. The molecule has 0 bridgehead atoms. The predicted octanol–water partition coefficient (Wildman–Crippen LogP) is 1.33. The highest BCUT2D eigenvalue weighted by atomic mass is 32.2. The molecule has 3 rings (SSSR count). The monoisotopic (exact) mass is 351 g/mol. The number of sulfone groups is 1. The van der Waals surface area contributed by atoms with E-state index in [1.165, 1.54) is 18.2 Å². The molecule has 1 unspecified atom stereocenters. The summed E-state index contributed by atoms with van der Waals surface area (Å²) in [6.07, 6.45) is 2.40. The van der Waals surface area contributed by atoms with Gasteiger partial charge in [0.1, 0.15) is 22.2 Å². The average molecular weight is 351 g/mol. The summed E-state index contributed by atoms with van der Waals surface area (Å²) in [5.74, 6) is 1.58. The molecule has 1 atom stereocenters. The minimum Gasteiger partial charge on any atom is -0.375 e. The van der Waals surface area contributed by atoms with Crippen LogP contribution in [-0.4, -0.2) is 40.4 Å². The number of anilines is 1. The molecule has 9 nitrogen and oxygen atoms in total. The van der Waals surface area contributed by atoms with Crippen molar-refractivity contribution in [2.75, 3.05) is 11.6 Å². The quantitative estimate of drug-likeness (QED) is 0.651. The first-order valence-electron chi connectivity index (χ1n) is 7.40. The summed E-state index contributed by atoms with van der Waals surface area (Å²) < 4.78 is 25.4. The highest BCUT2D eigenvalue weighted by Crippen LogP contribution is 2.33. The van der Waals surface area contributed by atoms with E-state index in [4.69, 9.17) is 0 Å². The second-order valence-corrected chi connectivity index (χ2v) is 7.80. The number of hydrogen-bond donors (Lipinski definition) is 1. The van der Waals surface area contributed by atoms with Gasteiger partial charge in [0, 0.05) is 18.7 Å². The number of nitro benzene ring substituents is 1. The molecule has 1 aliphatic heterocycles. The summed E-state index contributed by atoms with van der Waals surface area (Å²) in [6, 6.07) is 4.18. The van der Waals surface area contributed by atoms with Gasteiger partial charge in [0.25, 0.3) is 0 Å². The van der Waals surface area contributed by atoms with Crippen LogP contribution in [0.3, 0.4) is 0 Å². The van der Waals surface area contributed by atoms with Gasteiger partial charge in [0.15, 0.2) is 9.84 Å². The maximum Gasteiger partial charge on any atom is 0.310 e. The average Bonchev–Trinajstić information content (AvgIpc) is 2.85. The van der Waals surface area contributed by atoms with E-state index < -0.39 is 20.4 Å². The fourth-order valence-corrected chi connectivity index (χ4v) is 3.76. The van der Waals surface area contributed by atoms with Crippen LogP contribution in [0.15, 0.2) is 23.1 Å². The Hall–Kier alpha value is -2.49. The number of benzene rings is 1. The topological polar surface area (TPSA) is 120 Å². The van der Waals surface area contributed by atoms with E-state index in [0.717, 1.165) is 18.5 Å². The Labute approximate surface area is 138 Å². The van der Waals surface area contributed by atoms with Crippen molar-refractivity contribution >= 4 is 21.2 Å². The van der Waals surface area contributed by atoms with Crippen LogP contribution in [0.4, 0.5) is 11.4 Å². The lowest BCUT2D eigenvalue weighted by molar-refractivity contribution is -0.386. The van der Waals surface area contributed by atoms with Gasteiger partial charge in [-0.25, -0.2) is 18.1 Å². The van der Waals surface area contributed by atoms with Crippen LogP contribution in [0, 0.1) is 17.0 Å². The van der Waals surface area contributed by atoms with Crippen molar-refractivity contribution in [1.29, 1.82) is 0 Å². The minimum absolute atomic E-state index is 0.0906. The first kappa shape index (κ1) is 16.4. The van der Waals surface area contributed by atoms with Crippen molar-refractivity contribution in [3.05, 3.63) is 40.0 Å². The van der Waals surface area contributed by atoms with Crippen LogP contribution in [0.1, 0.15) is 18.1 Å². The molecule has 1 aromatic heterocycles. The van der Waals surface area contributed by atoms with Gasteiger partial charge in [-0.15, -0.1) is 0 Å². The lowest BCUT2D eigenvalue weighted by Crippen LogP contribution is -2.32. The largest absolute Gasteiger partial charge is 0.375 e. The van der Waals surface area contributed by atoms with Crippen LogP contribution < -0.4 is 5.32 Å². The third-order valence-electron chi connectivity index (χ3n) is 3.90. The molecule has 10 heteroatoms. The van der Waals surface area contributed by atoms with Gasteiger partial charge >= 0.3 is 5.69 Å². The van der Waals surface area contributed by atoms with Gasteiger partial charge in [-0.3, -0.25) is 10.1 Å². The number of nitro groups is 1. The van der Waals surface area contributed by atoms with Crippen LogP contribution in [0.25, 0.3) is 0 Å². The van der Waals surface area contributed by atoms with E-state index in [0.29, 0.717) is 18.8 Å². The molecule has 2 heterocycles. The fraction of sp³-hybridized carbons (Fsp3) is 0.429. The van der Waals surface area contributed by atoms with Crippen LogP contribution in [0.2, 0.25) is 0 Å². The van der Waals surface area contributed by atoms with E-state index in [-0.39, 0.29) is 16.6 Å². The molecule has 1 aliphatic rings. The Balaban J connectivity index is 1.92. The molecule has 0 aliphatic carbocycles. The SMILES string of the molecule is Cc1nc2n(n1)CC(Nc1cccc(S(C)(=O)=O)c1[N+](=O)[O-])CC2. The molecule has 2 aromatic rings. The van der Waals surface area contributed by atoms with Gasteiger partial charge < -0.3 is 5.32 Å². The second-order valence-electron chi connectivity index (χ2n) is 5.82. The summed E-state index contributed by atoms with van der Waals surface area (Å²) >= 11 is 0. The Morgan fingerprint density at radius 1 is 1.42 bits per heavy atom. The van der Waals surface area contributed by atoms with Crippen LogP contribution in [0.5, 0.6) is 0 Å². The number of hydrogen-bond acceptors (Lipinski definition) is 7. The lowest BCUT2D eigenvalue weighted by atomic mass is 10.1. The van der Waals surface area contributed by atoms with Gasteiger partial charge in [-0.1, -0.05) is 6.07 Å². The minimum atomic E-state index is -3.70. The summed E-state index contributed by atoms with van der Waals surface area (Å²) in [4.78, 5) is 14.8. The second kappa shape index (κ2) is 5.86. The number of nitrogens with zero attached hydrogens (tertiary/aromatic N) is 4. The first-order valence-corrected chi connectivity index (χ1v) is 9.29. The predicted molar refractivity (Wildman–Crippen MR) is 86.7 cm³/mol. The van der Waals surface area contributed by atoms with Crippen molar-refractivity contribution in [2.45, 2.75) is 37.2 Å². The van der Waals surface area contributed by atoms with E-state index in [9.17, 15) is 18.5 Å². The third-order valence-corrected chi connectivity index (χ3v) is 5.03. The number of fused-ring (bicyclic) bond motifs is 1. The fourth-order valence-electron chi connectivity index (χ4n) is 2.90. The molecule has 0 radical (unpaired) electrons. The Morgan fingerprint density at radius 2 is 2.17 bits per heavy atom. The zero-order chi connectivity index (χ0) is 17.5. The molecule has 0 saturated carbocycles. The van der Waals surface area contributed by atoms with Gasteiger partial charge in [0.05, 0.1) is 11.5 Å². The van der Waals surface area contributed by atoms with Crippen LogP contribution >= 0.6 is 0 Å². The molecule has 128 valence electrons. The van der Waals surface area contributed by atoms with E-state index in [2.05, 4.69) is 15.4 Å². The zero-order valence-corrected chi connectivity index (χ0v) is 14.1. The van der Waals surface area contributed by atoms with Gasteiger partial charge in [-0.2, -0.15) is 5.10 Å². The number of nitrogens with one attached hydrogen (secondary N) is 1. The van der Waals surface area contributed by atoms with Crippen molar-refractivity contribution in [2.24, 2.45) is 0 Å². The van der Waals surface area contributed by atoms with Crippen LogP contribution in [-0.2, 0) is 22.8 Å². The number of aromatic nitrogens is 3. The number of aryl methyl sites for hydroxylation is 2. The molecular formula is C14H17N5O4S. The molecule has 0 spiro atoms. The van der Waals surface area contributed by atoms with Crippen molar-refractivity contribution in [3.8, 4) is 0 Å². The zero-order valence-electron chi connectivity index (χ0n) is 13.3. The van der Waals surface area contributed by atoms with Crippen molar-refractivity contribution in [1.82, 2.24) is 14.8 Å². The molecule has 0 fully saturated rings. The highest BCUT2D eigenvalue weighted by Gasteiger charge is 2.28. The van der Waals surface area contributed by atoms with Crippen molar-refractivity contribution < 1.29 is 13.3 Å². The van der Waals surface area contributed by atoms with E-state index in [1.54, 1.807) is 4.68 Å². The normalized spacial score (nSPS) is 17.3. The Morgan fingerprint density at radius 3 is 2.83 bits per heavy atom. The molecule has 1 aromatic carbocycles. The Kier molecular flexibility index (Phi) is 3.99. The summed E-state index contributed by atoms with van der Waals surface area (Å²) in [5.41, 5.74) is -0.214. The summed E-state index contributed by atoms with van der Waals surface area (Å²) in [5, 5.41) is 18.8. The molecular weight excluding hydrogens is 334 g/mol. The third kappa shape index (κ3) is 3.09. The first-order chi connectivity index (χ1) is 11.3. The maximum absolute atomic E-state index is 11.8. The van der Waals surface area contributed by atoms with E-state index in [1.807, 2.05) is 6.92 Å². The molecule has 0 saturated heterocycles. The summed E-state index contributed by atoms with van der Waals surface area (Å²) in [7, 11) is -3.70. The smallest absolute Gasteiger partial charge is 0.310 e. The maximum atomic E-state index is 11.8. The molecule has 24 heavy (non-hydrogen) atoms. The van der Waals surface area contributed by atoms with Gasteiger partial charge in [-0.05, 0) is 25.5 Å².